The summed E-state index contributed by atoms with van der Waals surface area (Å²) in [5.41, 5.74) is 0. The van der Waals surface area contributed by atoms with Crippen molar-refractivity contribution in [1.29, 1.82) is 0 Å². The number of carbonyl (C=O) groups is 2. The van der Waals surface area contributed by atoms with Crippen molar-refractivity contribution < 1.29 is 9.59 Å². The van der Waals surface area contributed by atoms with Gasteiger partial charge in [-0.05, 0) is 12.8 Å². The summed E-state index contributed by atoms with van der Waals surface area (Å²) in [5.74, 6) is -0.134. The van der Waals surface area contributed by atoms with E-state index in [2.05, 4.69) is 13.8 Å². The van der Waals surface area contributed by atoms with E-state index in [-0.39, 0.29) is 11.7 Å². The Labute approximate surface area is 278 Å². The first kappa shape index (κ1) is 43.3. The molecule has 0 spiro atoms. The summed E-state index contributed by atoms with van der Waals surface area (Å²) in [4.78, 5) is 24.0. The second-order valence-corrected chi connectivity index (χ2v) is 14.4. The van der Waals surface area contributed by atoms with Gasteiger partial charge >= 0.3 is 0 Å². The van der Waals surface area contributed by atoms with E-state index in [0.717, 1.165) is 32.0 Å². The highest BCUT2D eigenvalue weighted by Gasteiger charge is 2.16. The molecule has 0 saturated heterocycles. The van der Waals surface area contributed by atoms with Gasteiger partial charge < -0.3 is 4.79 Å². The summed E-state index contributed by atoms with van der Waals surface area (Å²) in [6.45, 7) is 4.58. The average molecular weight is 619 g/mol. The molecule has 0 aromatic heterocycles. The summed E-state index contributed by atoms with van der Waals surface area (Å²) >= 11 is 0. The zero-order chi connectivity index (χ0) is 32.0. The van der Waals surface area contributed by atoms with E-state index in [1.165, 1.54) is 205 Å². The quantitative estimate of drug-likeness (QED) is 0.0390. The highest BCUT2D eigenvalue weighted by Crippen LogP contribution is 2.18. The second kappa shape index (κ2) is 38.5. The zero-order valence-corrected chi connectivity index (χ0v) is 30.6. The molecule has 0 aliphatic heterocycles. The number of aldehydes is 1. The van der Waals surface area contributed by atoms with Crippen molar-refractivity contribution >= 4 is 12.1 Å². The third kappa shape index (κ3) is 34.2. The Morgan fingerprint density at radius 3 is 0.841 bits per heavy atom. The number of unbranched alkanes of at least 4 members (excludes halogenated alkanes) is 33. The minimum atomic E-state index is -0.336. The number of hydrogen-bond donors (Lipinski definition) is 0. The minimum absolute atomic E-state index is 0.202. The van der Waals surface area contributed by atoms with Gasteiger partial charge in [-0.1, -0.05) is 232 Å². The van der Waals surface area contributed by atoms with Gasteiger partial charge in [-0.25, -0.2) is 0 Å². The van der Waals surface area contributed by atoms with Crippen LogP contribution >= 0.6 is 0 Å². The molecule has 0 aliphatic carbocycles. The Morgan fingerprint density at radius 2 is 0.591 bits per heavy atom. The number of ketones is 1. The molecular weight excluding hydrogens is 536 g/mol. The van der Waals surface area contributed by atoms with Crippen LogP contribution < -0.4 is 0 Å². The van der Waals surface area contributed by atoms with Crippen LogP contribution in [0.25, 0.3) is 0 Å². The van der Waals surface area contributed by atoms with E-state index in [0.29, 0.717) is 6.42 Å². The Balaban J connectivity index is 3.37. The number of hydrogen-bond acceptors (Lipinski definition) is 2. The number of Topliss-reactive ketones (excluding diaryl/α,β-unsaturated/α-hetero) is 1. The lowest BCUT2D eigenvalue weighted by Gasteiger charge is -2.09. The smallest absolute Gasteiger partial charge is 0.143 e. The van der Waals surface area contributed by atoms with Gasteiger partial charge in [-0.3, -0.25) is 4.79 Å². The fraction of sp³-hybridized carbons (Fsp3) is 0.952. The molecule has 0 aromatic carbocycles. The van der Waals surface area contributed by atoms with Gasteiger partial charge in [0.15, 0.2) is 0 Å². The van der Waals surface area contributed by atoms with Crippen LogP contribution in [-0.2, 0) is 9.59 Å². The lowest BCUT2D eigenvalue weighted by molar-refractivity contribution is -0.127. The van der Waals surface area contributed by atoms with Gasteiger partial charge in [0.25, 0.3) is 0 Å². The van der Waals surface area contributed by atoms with Crippen molar-refractivity contribution in [1.82, 2.24) is 0 Å². The highest BCUT2D eigenvalue weighted by atomic mass is 16.1. The molecule has 0 aromatic rings. The Bertz CT molecular complexity index is 556. The fourth-order valence-corrected chi connectivity index (χ4v) is 6.78. The van der Waals surface area contributed by atoms with Gasteiger partial charge in [0.2, 0.25) is 0 Å². The van der Waals surface area contributed by atoms with Crippen molar-refractivity contribution in [3.05, 3.63) is 0 Å². The van der Waals surface area contributed by atoms with Crippen molar-refractivity contribution in [3.63, 3.8) is 0 Å². The van der Waals surface area contributed by atoms with Crippen LogP contribution in [0, 0.1) is 5.92 Å². The maximum atomic E-state index is 12.5. The third-order valence-corrected chi connectivity index (χ3v) is 9.97. The van der Waals surface area contributed by atoms with Crippen molar-refractivity contribution in [2.75, 3.05) is 0 Å². The molecular formula is C42H82O2. The molecule has 0 bridgehead atoms. The van der Waals surface area contributed by atoms with Crippen LogP contribution in [-0.4, -0.2) is 12.1 Å². The molecule has 0 heterocycles. The number of carbonyl (C=O) groups excluding carboxylic acids is 2. The molecule has 0 rings (SSSR count). The van der Waals surface area contributed by atoms with Gasteiger partial charge in [-0.2, -0.15) is 0 Å². The highest BCUT2D eigenvalue weighted by molar-refractivity contribution is 5.93. The predicted molar refractivity (Wildman–Crippen MR) is 197 cm³/mol. The Kier molecular flexibility index (Phi) is 37.9. The van der Waals surface area contributed by atoms with Gasteiger partial charge in [0.1, 0.15) is 12.1 Å². The summed E-state index contributed by atoms with van der Waals surface area (Å²) in [7, 11) is 0. The monoisotopic (exact) mass is 619 g/mol. The average Bonchev–Trinajstić information content (AvgIpc) is 3.03. The van der Waals surface area contributed by atoms with Crippen LogP contribution in [0.5, 0.6) is 0 Å². The molecule has 1 unspecified atom stereocenters. The maximum Gasteiger partial charge on any atom is 0.143 e. The molecule has 0 radical (unpaired) electrons. The first-order valence-electron chi connectivity index (χ1n) is 20.7. The predicted octanol–water partition coefficient (Wildman–Crippen LogP) is 14.8. The van der Waals surface area contributed by atoms with E-state index in [4.69, 9.17) is 0 Å². The third-order valence-electron chi connectivity index (χ3n) is 9.97. The molecule has 0 aliphatic rings. The summed E-state index contributed by atoms with van der Waals surface area (Å²) < 4.78 is 0. The molecule has 0 amide bonds. The Hall–Kier alpha value is -0.660. The minimum Gasteiger partial charge on any atom is -0.303 e. The van der Waals surface area contributed by atoms with Crippen LogP contribution in [0.4, 0.5) is 0 Å². The summed E-state index contributed by atoms with van der Waals surface area (Å²) in [6, 6.07) is 0. The normalized spacial score (nSPS) is 12.1. The van der Waals surface area contributed by atoms with E-state index in [1.54, 1.807) is 0 Å². The Morgan fingerprint density at radius 1 is 0.364 bits per heavy atom. The van der Waals surface area contributed by atoms with Crippen LogP contribution in [0.2, 0.25) is 0 Å². The lowest BCUT2D eigenvalue weighted by Crippen LogP contribution is -2.15. The molecule has 2 heteroatoms. The largest absolute Gasteiger partial charge is 0.303 e. The van der Waals surface area contributed by atoms with Crippen molar-refractivity contribution in [3.8, 4) is 0 Å². The number of rotatable bonds is 39. The van der Waals surface area contributed by atoms with Crippen molar-refractivity contribution in [2.24, 2.45) is 5.92 Å². The molecule has 0 N–H and O–H groups in total. The van der Waals surface area contributed by atoms with Crippen molar-refractivity contribution in [2.45, 2.75) is 251 Å². The first-order valence-corrected chi connectivity index (χ1v) is 20.7. The lowest BCUT2D eigenvalue weighted by atomic mass is 9.94. The van der Waals surface area contributed by atoms with Crippen LogP contribution in [0.15, 0.2) is 0 Å². The molecule has 262 valence electrons. The zero-order valence-electron chi connectivity index (χ0n) is 30.6. The molecule has 1 atom stereocenters. The standard InChI is InChI=1S/C42H82O2/c1-3-5-7-9-11-13-15-17-19-21-23-24-26-28-30-32-34-36-38-41(40-43)42(44)39-37-35-33-31-29-27-25-22-20-18-16-14-12-10-8-6-4-2/h40-41H,3-39H2,1-2H3. The molecule has 44 heavy (non-hydrogen) atoms. The molecule has 0 saturated carbocycles. The second-order valence-electron chi connectivity index (χ2n) is 14.4. The van der Waals surface area contributed by atoms with Crippen LogP contribution in [0.1, 0.15) is 251 Å². The SMILES string of the molecule is CCCCCCCCCCCCCCCCCCCCC(C=O)C(=O)CCCCCCCCCCCCCCCCCCC. The van der Waals surface area contributed by atoms with Crippen LogP contribution in [0.3, 0.4) is 0 Å². The first-order chi connectivity index (χ1) is 21.8. The topological polar surface area (TPSA) is 34.1 Å². The van der Waals surface area contributed by atoms with E-state index in [1.807, 2.05) is 0 Å². The summed E-state index contributed by atoms with van der Waals surface area (Å²) in [6.07, 6.45) is 50.0. The van der Waals surface area contributed by atoms with E-state index >= 15 is 0 Å². The van der Waals surface area contributed by atoms with Gasteiger partial charge in [-0.15, -0.1) is 0 Å². The fourth-order valence-electron chi connectivity index (χ4n) is 6.78. The van der Waals surface area contributed by atoms with E-state index in [9.17, 15) is 9.59 Å². The summed E-state index contributed by atoms with van der Waals surface area (Å²) in [5, 5.41) is 0. The van der Waals surface area contributed by atoms with Gasteiger partial charge in [0.05, 0.1) is 5.92 Å². The maximum absolute atomic E-state index is 12.5. The van der Waals surface area contributed by atoms with E-state index < -0.39 is 0 Å². The van der Waals surface area contributed by atoms with Gasteiger partial charge in [0, 0.05) is 6.42 Å². The molecule has 2 nitrogen and oxygen atoms in total. The molecule has 0 fully saturated rings.